The molecule has 0 aliphatic carbocycles. The van der Waals surface area contributed by atoms with Gasteiger partial charge in [-0.1, -0.05) is 35.9 Å². The van der Waals surface area contributed by atoms with Gasteiger partial charge in [0.05, 0.1) is 5.56 Å². The summed E-state index contributed by atoms with van der Waals surface area (Å²) < 4.78 is 7.32. The second-order valence-electron chi connectivity index (χ2n) is 7.78. The number of esters is 1. The standard InChI is InChI=1S/C26H24ClN3O3S/c1-17-15-22(18(2)30(17)26-29-13-14-34-26)24(31)16-33-25(32)21-5-3-4-6-23(21)28-12-11-19-7-9-20(27)10-8-19/h3-10,13-15,28H,11-12,16H2,1-2H3. The molecule has 6 nitrogen and oxygen atoms in total. The molecule has 0 saturated heterocycles. The molecule has 2 aromatic heterocycles. The van der Waals surface area contributed by atoms with Crippen LogP contribution in [0.25, 0.3) is 5.13 Å². The first kappa shape index (κ1) is 23.7. The Bertz CT molecular complexity index is 1300. The van der Waals surface area contributed by atoms with Crippen LogP contribution in [0, 0.1) is 13.8 Å². The fraction of sp³-hybridized carbons (Fsp3) is 0.192. The topological polar surface area (TPSA) is 73.2 Å². The van der Waals surface area contributed by atoms with Crippen molar-refractivity contribution in [2.24, 2.45) is 0 Å². The highest BCUT2D eigenvalue weighted by molar-refractivity contribution is 7.12. The van der Waals surface area contributed by atoms with Gasteiger partial charge in [0.25, 0.3) is 0 Å². The summed E-state index contributed by atoms with van der Waals surface area (Å²) >= 11 is 7.43. The Morgan fingerprint density at radius 2 is 1.85 bits per heavy atom. The van der Waals surface area contributed by atoms with E-state index in [0.717, 1.165) is 28.5 Å². The number of thiazole rings is 1. The highest BCUT2D eigenvalue weighted by atomic mass is 35.5. The van der Waals surface area contributed by atoms with E-state index < -0.39 is 5.97 Å². The van der Waals surface area contributed by atoms with Crippen molar-refractivity contribution >= 4 is 40.4 Å². The summed E-state index contributed by atoms with van der Waals surface area (Å²) in [5.41, 5.74) is 4.39. The van der Waals surface area contributed by atoms with Crippen LogP contribution in [0.2, 0.25) is 5.02 Å². The van der Waals surface area contributed by atoms with Crippen LogP contribution in [-0.4, -0.2) is 34.5 Å². The lowest BCUT2D eigenvalue weighted by Crippen LogP contribution is -2.17. The van der Waals surface area contributed by atoms with Gasteiger partial charge in [-0.3, -0.25) is 9.36 Å². The van der Waals surface area contributed by atoms with Crippen molar-refractivity contribution in [3.8, 4) is 5.13 Å². The summed E-state index contributed by atoms with van der Waals surface area (Å²) in [6.45, 7) is 4.08. The zero-order valence-electron chi connectivity index (χ0n) is 18.9. The number of ketones is 1. The van der Waals surface area contributed by atoms with Crippen molar-refractivity contribution in [3.63, 3.8) is 0 Å². The Kier molecular flexibility index (Phi) is 7.45. The number of rotatable bonds is 9. The number of aromatic nitrogens is 2. The number of para-hydroxylation sites is 1. The molecule has 0 fully saturated rings. The Balaban J connectivity index is 1.38. The van der Waals surface area contributed by atoms with Crippen molar-refractivity contribution in [3.05, 3.63) is 99.3 Å². The highest BCUT2D eigenvalue weighted by Crippen LogP contribution is 2.23. The van der Waals surface area contributed by atoms with Crippen molar-refractivity contribution in [1.82, 2.24) is 9.55 Å². The average molecular weight is 494 g/mol. The van der Waals surface area contributed by atoms with E-state index in [-0.39, 0.29) is 12.4 Å². The predicted molar refractivity (Wildman–Crippen MR) is 136 cm³/mol. The van der Waals surface area contributed by atoms with Gasteiger partial charge in [-0.15, -0.1) is 11.3 Å². The van der Waals surface area contributed by atoms with E-state index in [2.05, 4.69) is 10.3 Å². The molecule has 0 spiro atoms. The van der Waals surface area contributed by atoms with E-state index in [0.29, 0.717) is 28.4 Å². The van der Waals surface area contributed by atoms with Crippen molar-refractivity contribution < 1.29 is 14.3 Å². The number of carbonyl (C=O) groups excluding carboxylic acids is 2. The van der Waals surface area contributed by atoms with Gasteiger partial charge < -0.3 is 10.1 Å². The minimum absolute atomic E-state index is 0.252. The van der Waals surface area contributed by atoms with Crippen LogP contribution in [0.1, 0.15) is 37.7 Å². The van der Waals surface area contributed by atoms with E-state index in [9.17, 15) is 9.59 Å². The second kappa shape index (κ2) is 10.7. The zero-order valence-corrected chi connectivity index (χ0v) is 20.4. The number of ether oxygens (including phenoxy) is 1. The SMILES string of the molecule is Cc1cc(C(=O)COC(=O)c2ccccc2NCCc2ccc(Cl)cc2)c(C)n1-c1nccs1. The Morgan fingerprint density at radius 3 is 2.59 bits per heavy atom. The lowest BCUT2D eigenvalue weighted by molar-refractivity contribution is 0.0475. The lowest BCUT2D eigenvalue weighted by Gasteiger charge is -2.12. The summed E-state index contributed by atoms with van der Waals surface area (Å²) in [5, 5.41) is 6.67. The molecule has 8 heteroatoms. The average Bonchev–Trinajstić information content (AvgIpc) is 3.46. The third kappa shape index (κ3) is 5.38. The van der Waals surface area contributed by atoms with Crippen LogP contribution >= 0.6 is 22.9 Å². The molecule has 0 radical (unpaired) electrons. The van der Waals surface area contributed by atoms with Gasteiger partial charge in [0.15, 0.2) is 11.7 Å². The summed E-state index contributed by atoms with van der Waals surface area (Å²) in [5.74, 6) is -0.797. The molecule has 0 saturated carbocycles. The molecule has 0 aliphatic heterocycles. The van der Waals surface area contributed by atoms with Gasteiger partial charge in [-0.05, 0) is 56.2 Å². The van der Waals surface area contributed by atoms with Crippen LogP contribution in [-0.2, 0) is 11.2 Å². The van der Waals surface area contributed by atoms with Crippen LogP contribution < -0.4 is 5.32 Å². The first-order valence-electron chi connectivity index (χ1n) is 10.8. The minimum atomic E-state index is -0.545. The second-order valence-corrected chi connectivity index (χ2v) is 9.09. The fourth-order valence-corrected chi connectivity index (χ4v) is 4.64. The number of aryl methyl sites for hydroxylation is 1. The molecule has 0 atom stereocenters. The van der Waals surface area contributed by atoms with Crippen LogP contribution in [0.15, 0.2) is 66.2 Å². The number of Topliss-reactive ketones (excluding diaryl/α,β-unsaturated/α-hetero) is 1. The van der Waals surface area contributed by atoms with Gasteiger partial charge in [-0.2, -0.15) is 0 Å². The fourth-order valence-electron chi connectivity index (χ4n) is 3.76. The van der Waals surface area contributed by atoms with E-state index in [4.69, 9.17) is 16.3 Å². The van der Waals surface area contributed by atoms with E-state index in [1.165, 1.54) is 11.3 Å². The molecule has 2 aromatic carbocycles. The molecule has 2 heterocycles. The van der Waals surface area contributed by atoms with E-state index in [1.54, 1.807) is 24.4 Å². The molecule has 174 valence electrons. The maximum atomic E-state index is 12.8. The first-order chi connectivity index (χ1) is 16.4. The van der Waals surface area contributed by atoms with Gasteiger partial charge in [-0.25, -0.2) is 9.78 Å². The Hall–Kier alpha value is -3.42. The summed E-state index contributed by atoms with van der Waals surface area (Å²) in [7, 11) is 0. The van der Waals surface area contributed by atoms with Crippen LogP contribution in [0.5, 0.6) is 0 Å². The van der Waals surface area contributed by atoms with Gasteiger partial charge in [0, 0.05) is 45.8 Å². The maximum Gasteiger partial charge on any atom is 0.340 e. The smallest absolute Gasteiger partial charge is 0.340 e. The summed E-state index contributed by atoms with van der Waals surface area (Å²) in [6, 6.07) is 16.6. The summed E-state index contributed by atoms with van der Waals surface area (Å²) in [4.78, 5) is 29.9. The molecule has 0 amide bonds. The van der Waals surface area contributed by atoms with Crippen LogP contribution in [0.3, 0.4) is 0 Å². The number of nitrogens with one attached hydrogen (secondary N) is 1. The Morgan fingerprint density at radius 1 is 1.09 bits per heavy atom. The number of hydrogen-bond acceptors (Lipinski definition) is 6. The van der Waals surface area contributed by atoms with Gasteiger partial charge in [0.2, 0.25) is 5.78 Å². The van der Waals surface area contributed by atoms with Crippen LogP contribution in [0.4, 0.5) is 5.69 Å². The maximum absolute atomic E-state index is 12.8. The quantitative estimate of drug-likeness (QED) is 0.232. The lowest BCUT2D eigenvalue weighted by atomic mass is 10.1. The number of halogens is 1. The molecule has 0 bridgehead atoms. The molecule has 0 aliphatic rings. The third-order valence-electron chi connectivity index (χ3n) is 5.47. The summed E-state index contributed by atoms with van der Waals surface area (Å²) in [6.07, 6.45) is 2.50. The van der Waals surface area contributed by atoms with Gasteiger partial charge >= 0.3 is 5.97 Å². The Labute approximate surface area is 207 Å². The van der Waals surface area contributed by atoms with Gasteiger partial charge in [0.1, 0.15) is 0 Å². The van der Waals surface area contributed by atoms with Crippen molar-refractivity contribution in [1.29, 1.82) is 0 Å². The first-order valence-corrected chi connectivity index (χ1v) is 12.1. The number of anilines is 1. The monoisotopic (exact) mass is 493 g/mol. The number of nitrogens with zero attached hydrogens (tertiary/aromatic N) is 2. The number of carbonyl (C=O) groups is 2. The van der Waals surface area contributed by atoms with E-state index in [1.807, 2.05) is 60.2 Å². The number of hydrogen-bond donors (Lipinski definition) is 1. The normalized spacial score (nSPS) is 10.8. The van der Waals surface area contributed by atoms with E-state index >= 15 is 0 Å². The molecule has 0 unspecified atom stereocenters. The molecule has 4 aromatic rings. The minimum Gasteiger partial charge on any atom is -0.454 e. The molecule has 34 heavy (non-hydrogen) atoms. The zero-order chi connectivity index (χ0) is 24.1. The molecule has 4 rings (SSSR count). The largest absolute Gasteiger partial charge is 0.454 e. The molecular formula is C26H24ClN3O3S. The third-order valence-corrected chi connectivity index (χ3v) is 6.47. The molecular weight excluding hydrogens is 470 g/mol. The number of benzene rings is 2. The highest BCUT2D eigenvalue weighted by Gasteiger charge is 2.20. The van der Waals surface area contributed by atoms with Crippen molar-refractivity contribution in [2.45, 2.75) is 20.3 Å². The predicted octanol–water partition coefficient (Wildman–Crippen LogP) is 5.90. The molecule has 1 N–H and O–H groups in total. The van der Waals surface area contributed by atoms with Crippen molar-refractivity contribution in [2.75, 3.05) is 18.5 Å².